The molecule has 0 saturated carbocycles. The molecule has 0 bridgehead atoms. The smallest absolute Gasteiger partial charge is 0.124 e. The molecule has 0 heterocycles. The zero-order valence-electron chi connectivity index (χ0n) is 16.0. The number of ether oxygens (including phenoxy) is 1. The third kappa shape index (κ3) is 5.72. The van der Waals surface area contributed by atoms with Crippen LogP contribution >= 0.6 is 11.6 Å². The second-order valence-corrected chi connectivity index (χ2v) is 7.35. The molecule has 0 aliphatic rings. The maximum Gasteiger partial charge on any atom is 0.124 e. The topological polar surface area (TPSA) is 21.3 Å². The Morgan fingerprint density at radius 2 is 1.70 bits per heavy atom. The van der Waals surface area contributed by atoms with Crippen LogP contribution in [0.15, 0.2) is 60.7 Å². The fourth-order valence-corrected chi connectivity index (χ4v) is 3.39. The highest BCUT2D eigenvalue weighted by Crippen LogP contribution is 2.29. The number of rotatable bonds is 10. The molecule has 0 atom stereocenters. The van der Waals surface area contributed by atoms with Gasteiger partial charge in [-0.2, -0.15) is 0 Å². The molecule has 0 amide bonds. The van der Waals surface area contributed by atoms with Gasteiger partial charge in [-0.1, -0.05) is 80.3 Å². The highest BCUT2D eigenvalue weighted by Gasteiger charge is 2.09. The minimum Gasteiger partial charge on any atom is -0.489 e. The molecular formula is C24H28ClNO. The second kappa shape index (κ2) is 10.3. The summed E-state index contributed by atoms with van der Waals surface area (Å²) < 4.78 is 6.18. The van der Waals surface area contributed by atoms with Crippen molar-refractivity contribution in [2.75, 3.05) is 6.54 Å². The summed E-state index contributed by atoms with van der Waals surface area (Å²) in [7, 11) is 0. The lowest BCUT2D eigenvalue weighted by molar-refractivity contribution is 0.302. The van der Waals surface area contributed by atoms with Crippen molar-refractivity contribution in [1.82, 2.24) is 5.32 Å². The summed E-state index contributed by atoms with van der Waals surface area (Å²) in [6, 6.07) is 20.6. The van der Waals surface area contributed by atoms with E-state index in [-0.39, 0.29) is 0 Å². The van der Waals surface area contributed by atoms with Crippen LogP contribution in [0.3, 0.4) is 0 Å². The van der Waals surface area contributed by atoms with Gasteiger partial charge in [-0.15, -0.1) is 0 Å². The van der Waals surface area contributed by atoms with Gasteiger partial charge in [0.05, 0.1) is 0 Å². The molecule has 0 aliphatic heterocycles. The molecule has 0 saturated heterocycles. The minimum absolute atomic E-state index is 0.541. The molecular weight excluding hydrogens is 354 g/mol. The summed E-state index contributed by atoms with van der Waals surface area (Å²) in [6.07, 6.45) is 5.09. The Morgan fingerprint density at radius 3 is 2.52 bits per heavy atom. The van der Waals surface area contributed by atoms with Crippen molar-refractivity contribution in [2.24, 2.45) is 0 Å². The Labute approximate surface area is 167 Å². The van der Waals surface area contributed by atoms with Crippen molar-refractivity contribution in [3.63, 3.8) is 0 Å². The van der Waals surface area contributed by atoms with E-state index in [2.05, 4.69) is 48.6 Å². The number of halogens is 1. The molecule has 3 rings (SSSR count). The fraction of sp³-hybridized carbons (Fsp3) is 0.333. The van der Waals surface area contributed by atoms with E-state index < -0.39 is 0 Å². The highest BCUT2D eigenvalue weighted by molar-refractivity contribution is 6.30. The molecule has 0 aliphatic carbocycles. The third-order valence-electron chi connectivity index (χ3n) is 4.81. The van der Waals surface area contributed by atoms with Crippen LogP contribution in [0.4, 0.5) is 0 Å². The molecule has 0 spiro atoms. The van der Waals surface area contributed by atoms with Gasteiger partial charge in [0.25, 0.3) is 0 Å². The van der Waals surface area contributed by atoms with Gasteiger partial charge in [0.15, 0.2) is 0 Å². The van der Waals surface area contributed by atoms with E-state index in [9.17, 15) is 0 Å². The Morgan fingerprint density at radius 1 is 0.889 bits per heavy atom. The summed E-state index contributed by atoms with van der Waals surface area (Å²) >= 11 is 5.97. The number of benzene rings is 3. The highest BCUT2D eigenvalue weighted by atomic mass is 35.5. The molecule has 0 unspecified atom stereocenters. The van der Waals surface area contributed by atoms with E-state index in [1.807, 2.05) is 24.3 Å². The molecule has 1 N–H and O–H groups in total. The van der Waals surface area contributed by atoms with Gasteiger partial charge in [-0.05, 0) is 47.5 Å². The van der Waals surface area contributed by atoms with Crippen LogP contribution in [0.1, 0.15) is 43.7 Å². The maximum atomic E-state index is 6.18. The lowest BCUT2D eigenvalue weighted by Gasteiger charge is -2.15. The van der Waals surface area contributed by atoms with Crippen molar-refractivity contribution >= 4 is 22.4 Å². The van der Waals surface area contributed by atoms with E-state index in [0.29, 0.717) is 6.61 Å². The average molecular weight is 382 g/mol. The zero-order chi connectivity index (χ0) is 18.9. The monoisotopic (exact) mass is 381 g/mol. The molecule has 3 aromatic rings. The lowest BCUT2D eigenvalue weighted by atomic mass is 10.0. The summed E-state index contributed by atoms with van der Waals surface area (Å²) in [6.45, 7) is 4.65. The van der Waals surface area contributed by atoms with Crippen LogP contribution < -0.4 is 10.1 Å². The average Bonchev–Trinajstić information content (AvgIpc) is 2.70. The van der Waals surface area contributed by atoms with Crippen molar-refractivity contribution in [1.29, 1.82) is 0 Å². The largest absolute Gasteiger partial charge is 0.489 e. The zero-order valence-corrected chi connectivity index (χ0v) is 16.8. The van der Waals surface area contributed by atoms with Crippen LogP contribution in [-0.4, -0.2) is 6.54 Å². The lowest BCUT2D eigenvalue weighted by Crippen LogP contribution is -2.16. The van der Waals surface area contributed by atoms with Gasteiger partial charge in [0.2, 0.25) is 0 Å². The van der Waals surface area contributed by atoms with Crippen molar-refractivity contribution in [3.8, 4) is 5.75 Å². The van der Waals surface area contributed by atoms with Gasteiger partial charge < -0.3 is 10.1 Å². The Kier molecular flexibility index (Phi) is 7.55. The van der Waals surface area contributed by atoms with E-state index in [4.69, 9.17) is 16.3 Å². The third-order valence-corrected chi connectivity index (χ3v) is 5.07. The van der Waals surface area contributed by atoms with Crippen LogP contribution in [0.25, 0.3) is 10.8 Å². The first-order valence-corrected chi connectivity index (χ1v) is 10.2. The summed E-state index contributed by atoms with van der Waals surface area (Å²) in [4.78, 5) is 0. The van der Waals surface area contributed by atoms with Crippen LogP contribution in [0, 0.1) is 0 Å². The number of unbranched alkanes of at least 4 members (excludes halogenated alkanes) is 3. The Hall–Kier alpha value is -2.03. The van der Waals surface area contributed by atoms with Crippen LogP contribution in [-0.2, 0) is 13.2 Å². The van der Waals surface area contributed by atoms with Gasteiger partial charge in [-0.3, -0.25) is 0 Å². The van der Waals surface area contributed by atoms with E-state index in [1.165, 1.54) is 42.0 Å². The normalized spacial score (nSPS) is 11.0. The predicted octanol–water partition coefficient (Wildman–Crippen LogP) is 6.74. The molecule has 3 aromatic carbocycles. The fourth-order valence-electron chi connectivity index (χ4n) is 3.27. The Bertz CT molecular complexity index is 845. The van der Waals surface area contributed by atoms with E-state index >= 15 is 0 Å². The molecule has 27 heavy (non-hydrogen) atoms. The first-order valence-electron chi connectivity index (χ1n) is 9.86. The summed E-state index contributed by atoms with van der Waals surface area (Å²) in [5, 5.41) is 6.85. The van der Waals surface area contributed by atoms with Gasteiger partial charge in [-0.25, -0.2) is 0 Å². The molecule has 3 heteroatoms. The van der Waals surface area contributed by atoms with Crippen molar-refractivity contribution < 1.29 is 4.74 Å². The molecule has 142 valence electrons. The molecule has 0 fully saturated rings. The molecule has 2 nitrogen and oxygen atoms in total. The first-order chi connectivity index (χ1) is 13.3. The predicted molar refractivity (Wildman–Crippen MR) is 116 cm³/mol. The second-order valence-electron chi connectivity index (χ2n) is 6.92. The van der Waals surface area contributed by atoms with Crippen molar-refractivity contribution in [2.45, 2.75) is 45.8 Å². The van der Waals surface area contributed by atoms with Crippen LogP contribution in [0.2, 0.25) is 5.02 Å². The van der Waals surface area contributed by atoms with Gasteiger partial charge in [0, 0.05) is 17.1 Å². The van der Waals surface area contributed by atoms with Gasteiger partial charge in [0.1, 0.15) is 12.4 Å². The van der Waals surface area contributed by atoms with E-state index in [0.717, 1.165) is 29.4 Å². The first kappa shape index (κ1) is 19.7. The van der Waals surface area contributed by atoms with Crippen molar-refractivity contribution in [3.05, 3.63) is 76.8 Å². The maximum absolute atomic E-state index is 6.18. The molecule has 0 radical (unpaired) electrons. The number of nitrogens with one attached hydrogen (secondary N) is 1. The van der Waals surface area contributed by atoms with Crippen LogP contribution in [0.5, 0.6) is 5.75 Å². The number of hydrogen-bond acceptors (Lipinski definition) is 2. The number of hydrogen-bond donors (Lipinski definition) is 1. The molecule has 0 aromatic heterocycles. The summed E-state index contributed by atoms with van der Waals surface area (Å²) in [5.74, 6) is 0.949. The van der Waals surface area contributed by atoms with Gasteiger partial charge >= 0.3 is 0 Å². The number of fused-ring (bicyclic) bond motifs is 1. The minimum atomic E-state index is 0.541. The standard InChI is InChI=1S/C24H28ClNO/c1-2-3-4-7-16-26-17-23-22-9-6-5-8-20(22)12-15-24(23)27-18-19-10-13-21(25)14-11-19/h5-6,8-15,26H,2-4,7,16-18H2,1H3. The van der Waals surface area contributed by atoms with E-state index in [1.54, 1.807) is 0 Å². The Balaban J connectivity index is 1.71. The quantitative estimate of drug-likeness (QED) is 0.392. The SMILES string of the molecule is CCCCCCNCc1c(OCc2ccc(Cl)cc2)ccc2ccccc12. The summed E-state index contributed by atoms with van der Waals surface area (Å²) in [5.41, 5.74) is 2.35.